The summed E-state index contributed by atoms with van der Waals surface area (Å²) in [5.74, 6) is -4.09. The minimum atomic E-state index is -6.16. The van der Waals surface area contributed by atoms with Crippen molar-refractivity contribution in [1.29, 1.82) is 0 Å². The minimum Gasteiger partial charge on any atom is -0.479 e. The quantitative estimate of drug-likeness (QED) is 0.0206. The topological polar surface area (TPSA) is 639 Å². The third-order valence-corrected chi connectivity index (χ3v) is 18.6. The fourth-order valence-electron chi connectivity index (χ4n) is 11.6. The monoisotopic (exact) mass is 1560 g/mol. The highest BCUT2D eigenvalue weighted by Crippen LogP contribution is 2.47. The summed E-state index contributed by atoms with van der Waals surface area (Å²) in [5, 5.41) is 22.3. The highest BCUT2D eigenvalue weighted by Gasteiger charge is 2.70. The zero-order valence-corrected chi connectivity index (χ0v) is 57.7. The Morgan fingerprint density at radius 1 is 0.439 bits per heavy atom. The molecule has 0 amide bonds. The van der Waals surface area contributed by atoms with E-state index in [2.05, 4.69) is 12.5 Å². The van der Waals surface area contributed by atoms with Crippen molar-refractivity contribution in [3.8, 4) is 0 Å². The molecule has 7 rings (SSSR count). The van der Waals surface area contributed by atoms with Crippen LogP contribution in [0.25, 0.3) is 0 Å². The fourth-order valence-corrected chi connectivity index (χ4v) is 14.0. The van der Waals surface area contributed by atoms with Crippen molar-refractivity contribution in [2.24, 2.45) is 5.73 Å². The maximum Gasteiger partial charge on any atom is 0.397 e. The van der Waals surface area contributed by atoms with Crippen LogP contribution in [-0.4, -0.2) is 328 Å². The summed E-state index contributed by atoms with van der Waals surface area (Å²) in [6, 6.07) is -1.50. The van der Waals surface area contributed by atoms with Crippen molar-refractivity contribution in [3.63, 3.8) is 0 Å². The zero-order valence-electron chi connectivity index (χ0n) is 52.8. The molecule has 0 aromatic rings. The predicted octanol–water partition coefficient (Wildman–Crippen LogP) is -4.70. The van der Waals surface area contributed by atoms with E-state index in [-0.39, 0.29) is 13.2 Å². The predicted molar refractivity (Wildman–Crippen MR) is 305 cm³/mol. The summed E-state index contributed by atoms with van der Waals surface area (Å²) < 4.78 is 336. The summed E-state index contributed by atoms with van der Waals surface area (Å²) in [6.45, 7) is -0.232. The van der Waals surface area contributed by atoms with Gasteiger partial charge in [0.05, 0.1) is 32.5 Å². The van der Waals surface area contributed by atoms with Crippen LogP contribution in [0.5, 0.6) is 0 Å². The highest BCUT2D eigenvalue weighted by molar-refractivity contribution is 7.82. The molecule has 0 radical (unpaired) electrons. The van der Waals surface area contributed by atoms with Gasteiger partial charge in [-0.1, -0.05) is 33.6 Å². The van der Waals surface area contributed by atoms with Crippen LogP contribution < -0.4 is 5.73 Å². The number of carbonyl (C=O) groups is 2. The van der Waals surface area contributed by atoms with E-state index in [9.17, 15) is 97.6 Å². The zero-order chi connectivity index (χ0) is 73.5. The van der Waals surface area contributed by atoms with Gasteiger partial charge >= 0.3 is 74.3 Å². The summed E-state index contributed by atoms with van der Waals surface area (Å²) in [7, 11) is -29.5. The molecule has 7 fully saturated rings. The molecule has 0 saturated carbocycles. The first-order valence-electron chi connectivity index (χ1n) is 29.0. The number of unbranched alkanes of at least 4 members (excludes halogenated alkanes) is 2. The van der Waals surface area contributed by atoms with E-state index in [1.165, 1.54) is 6.92 Å². The SMILES string of the molecule is CCCCO[C@@H]1[C@@H](N)[C@H](O[C@H]2[C@H](OC)[C@@H](OC)[C@H](O[C@H]3[C@H](OS(=O)(=O)O)[C@@H](OS(=O)(=O)O)[C@@H](O[C@H]4[C@H](OC)[C@H]5OC[C@]4(C(=O)O)OC5O[C@H]4[C@H](OC)[C@@H](OS(=O)(=O)O)[C@@H](OC)O[C@@H]4COS(=O)(=O)O)O[C@@H]3COS(=O)(=O)O)O[C@]2(CC)C(=O)O)O[C@H](COS(=O)(=O)O)[C@H]1OCCCC. The lowest BCUT2D eigenvalue weighted by atomic mass is 9.83. The Bertz CT molecular complexity index is 3340. The van der Waals surface area contributed by atoms with Gasteiger partial charge in [-0.15, -0.1) is 0 Å². The number of carboxylic acids is 2. The number of ether oxygens (including phenoxy) is 17. The molecule has 7 saturated heterocycles. The van der Waals surface area contributed by atoms with Gasteiger partial charge in [-0.2, -0.15) is 50.5 Å². The largest absolute Gasteiger partial charge is 0.479 e. The molecule has 98 heavy (non-hydrogen) atoms. The molecule has 46 nitrogen and oxygen atoms in total. The normalized spacial score (nSPS) is 38.4. The maximum absolute atomic E-state index is 13.9. The van der Waals surface area contributed by atoms with Crippen molar-refractivity contribution in [2.75, 3.05) is 75.2 Å². The molecule has 0 aliphatic carbocycles. The average molecular weight is 1560 g/mol. The van der Waals surface area contributed by atoms with Gasteiger partial charge < -0.3 is 96.5 Å². The van der Waals surface area contributed by atoms with E-state index in [4.69, 9.17) is 98.8 Å². The molecule has 0 aromatic carbocycles. The lowest BCUT2D eigenvalue weighted by Gasteiger charge is -2.57. The number of nitrogens with two attached hydrogens (primary N) is 1. The molecular formula is C46H79NO45S6. The molecule has 10 N–H and O–H groups in total. The Hall–Kier alpha value is -2.56. The lowest BCUT2D eigenvalue weighted by Crippen LogP contribution is -2.78. The van der Waals surface area contributed by atoms with E-state index in [1.54, 1.807) is 0 Å². The Morgan fingerprint density at radius 2 is 0.867 bits per heavy atom. The molecule has 25 atom stereocenters. The smallest absolute Gasteiger partial charge is 0.397 e. The number of hydrogen-bond donors (Lipinski definition) is 9. The minimum absolute atomic E-state index is 0.00904. The number of rotatable bonds is 39. The van der Waals surface area contributed by atoms with Crippen LogP contribution in [0, 0.1) is 0 Å². The fraction of sp³-hybridized carbons (Fsp3) is 0.957. The summed E-state index contributed by atoms with van der Waals surface area (Å²) >= 11 is 0. The van der Waals surface area contributed by atoms with E-state index in [0.29, 0.717) is 25.7 Å². The van der Waals surface area contributed by atoms with E-state index < -0.39 is 260 Å². The van der Waals surface area contributed by atoms with E-state index in [1.807, 2.05) is 13.8 Å². The molecular weight excluding hydrogens is 1480 g/mol. The molecule has 52 heteroatoms. The molecule has 2 bridgehead atoms. The maximum atomic E-state index is 13.9. The number of fused-ring (bicyclic) bond motifs is 3. The van der Waals surface area contributed by atoms with Gasteiger partial charge in [-0.25, -0.2) is 34.7 Å². The van der Waals surface area contributed by atoms with Gasteiger partial charge in [0, 0.05) is 48.8 Å². The van der Waals surface area contributed by atoms with Gasteiger partial charge in [-0.05, 0) is 19.3 Å². The molecule has 7 aliphatic rings. The van der Waals surface area contributed by atoms with Crippen LogP contribution >= 0.6 is 0 Å². The van der Waals surface area contributed by atoms with Crippen LogP contribution in [0.2, 0.25) is 0 Å². The van der Waals surface area contributed by atoms with E-state index in [0.717, 1.165) is 35.5 Å². The van der Waals surface area contributed by atoms with Crippen LogP contribution in [0.1, 0.15) is 52.9 Å². The molecule has 1 unspecified atom stereocenters. The van der Waals surface area contributed by atoms with Crippen LogP contribution in [0.3, 0.4) is 0 Å². The van der Waals surface area contributed by atoms with Gasteiger partial charge in [0.2, 0.25) is 5.60 Å². The van der Waals surface area contributed by atoms with Gasteiger partial charge in [0.25, 0.3) is 0 Å². The standard InChI is InChI=1S/C46H79NO45S6/c1-9-12-14-75-24-20(16-78-93(52,53)54)81-38(23(47)27(24)76-15-13-10-2)86-36-30(71-5)32(73-7)41(88-45(36,11-3)43(48)49)85-26-22(18-80-95(58,59)60)83-40(35(92-98(67,68)69)29(26)90-96(61,62)63)87-37-31(72-6)33-42(89-46(37,19-77-33)44(50)51)84-25-21(17-79-94(55,56)57)82-39(74-8)34(28(25)70-4)91-97(64,65)66/h20-42H,9-19,47H2,1-8H3,(H,48,49)(H,50,51)(H,52,53,54)(H,55,56,57)(H,58,59,60)(H,61,62,63)(H,64,65,66)(H,67,68,69)/t20-,21-,22-,23-,24-,25-,26-,27-,28+,29+,30-,31-,32-,33-,34-,35-,36+,37+,38+,39+,40-,41-,42?,45+,46+/m1/s1. The number of carboxylic acid groups (broad SMARTS) is 2. The van der Waals surface area contributed by atoms with Crippen molar-refractivity contribution >= 4 is 74.3 Å². The van der Waals surface area contributed by atoms with E-state index >= 15 is 0 Å². The second-order valence-corrected chi connectivity index (χ2v) is 28.4. The van der Waals surface area contributed by atoms with Crippen molar-refractivity contribution in [3.05, 3.63) is 0 Å². The van der Waals surface area contributed by atoms with Gasteiger partial charge in [-0.3, -0.25) is 27.3 Å². The van der Waals surface area contributed by atoms with Crippen LogP contribution in [0.4, 0.5) is 0 Å². The molecule has 0 aromatic heterocycles. The first-order valence-corrected chi connectivity index (χ1v) is 37.2. The van der Waals surface area contributed by atoms with Crippen molar-refractivity contribution in [2.45, 2.75) is 205 Å². The first-order chi connectivity index (χ1) is 45.5. The van der Waals surface area contributed by atoms with Gasteiger partial charge in [0.1, 0.15) is 91.6 Å². The summed E-state index contributed by atoms with van der Waals surface area (Å²) in [5.41, 5.74) is 0.694. The summed E-state index contributed by atoms with van der Waals surface area (Å²) in [4.78, 5) is 27.7. The third-order valence-electron chi connectivity index (χ3n) is 15.9. The number of methoxy groups -OCH3 is 5. The van der Waals surface area contributed by atoms with Gasteiger partial charge in [0.15, 0.2) is 49.3 Å². The molecule has 574 valence electrons. The third kappa shape index (κ3) is 21.3. The summed E-state index contributed by atoms with van der Waals surface area (Å²) in [6.07, 6.45) is -46.2. The Balaban J connectivity index is 1.44. The van der Waals surface area contributed by atoms with Crippen LogP contribution in [-0.2, 0) is 178 Å². The second-order valence-electron chi connectivity index (χ2n) is 22.0. The highest BCUT2D eigenvalue weighted by atomic mass is 32.3. The lowest BCUT2D eigenvalue weighted by molar-refractivity contribution is -0.429. The van der Waals surface area contributed by atoms with Crippen LogP contribution in [0.15, 0.2) is 0 Å². The molecule has 7 aliphatic heterocycles. The number of hydrogen-bond acceptors (Lipinski definition) is 38. The average Bonchev–Trinajstić information content (AvgIpc) is 0.724. The Kier molecular flexibility index (Phi) is 29.8. The Morgan fingerprint density at radius 3 is 1.31 bits per heavy atom. The number of aliphatic carboxylic acids is 2. The Labute approximate surface area is 561 Å². The first kappa shape index (κ1) is 84.4. The molecule has 0 spiro atoms. The second kappa shape index (κ2) is 34.6. The van der Waals surface area contributed by atoms with Crippen molar-refractivity contribution < 1.29 is 203 Å². The van der Waals surface area contributed by atoms with Crippen molar-refractivity contribution in [1.82, 2.24) is 0 Å². The molecule has 7 heterocycles.